The number of aliphatic carboxylic acids is 1. The van der Waals surface area contributed by atoms with Crippen LogP contribution in [0.4, 0.5) is 0 Å². The molecule has 1 aromatic carbocycles. The minimum absolute atomic E-state index is 0.0980. The predicted molar refractivity (Wildman–Crippen MR) is 173 cm³/mol. The molecule has 0 spiro atoms. The Hall–Kier alpha value is -3.70. The van der Waals surface area contributed by atoms with Gasteiger partial charge in [-0.2, -0.15) is 0 Å². The van der Waals surface area contributed by atoms with Gasteiger partial charge in [-0.15, -0.1) is 0 Å². The van der Waals surface area contributed by atoms with Gasteiger partial charge in [0.05, 0.1) is 13.4 Å². The van der Waals surface area contributed by atoms with Gasteiger partial charge in [-0.25, -0.2) is 0 Å². The van der Waals surface area contributed by atoms with Crippen molar-refractivity contribution in [1.29, 1.82) is 0 Å². The largest absolute Gasteiger partial charge is 0.497 e. The Bertz CT molecular complexity index is 982. The zero-order valence-corrected chi connectivity index (χ0v) is 26.1. The molecular formula is C34H49ClO5. The molecular weight excluding hydrogens is 524 g/mol. The third-order valence-corrected chi connectivity index (χ3v) is 4.23. The Kier molecular flexibility index (Phi) is 32.1. The van der Waals surface area contributed by atoms with Crippen molar-refractivity contribution >= 4 is 17.6 Å². The van der Waals surface area contributed by atoms with Gasteiger partial charge < -0.3 is 19.3 Å². The van der Waals surface area contributed by atoms with Crippen molar-refractivity contribution in [3.63, 3.8) is 0 Å². The maximum atomic E-state index is 10.6. The average molecular weight is 573 g/mol. The van der Waals surface area contributed by atoms with Gasteiger partial charge >= 0.3 is 5.97 Å². The number of carboxylic acids is 1. The summed E-state index contributed by atoms with van der Waals surface area (Å²) < 4.78 is 16.0. The molecule has 0 heterocycles. The van der Waals surface area contributed by atoms with Crippen LogP contribution < -0.4 is 9.47 Å². The Morgan fingerprint density at radius 2 is 1.68 bits per heavy atom. The molecule has 1 N–H and O–H groups in total. The van der Waals surface area contributed by atoms with Gasteiger partial charge in [-0.1, -0.05) is 102 Å². The molecule has 0 saturated heterocycles. The lowest BCUT2D eigenvalue weighted by Crippen LogP contribution is -1.96. The molecule has 0 radical (unpaired) electrons. The molecule has 0 aliphatic carbocycles. The first-order chi connectivity index (χ1) is 19.3. The monoisotopic (exact) mass is 572 g/mol. The zero-order valence-electron chi connectivity index (χ0n) is 25.4. The first-order valence-corrected chi connectivity index (χ1v) is 13.8. The van der Waals surface area contributed by atoms with Crippen LogP contribution in [-0.4, -0.2) is 24.8 Å². The quantitative estimate of drug-likeness (QED) is 0.167. The van der Waals surface area contributed by atoms with Crippen LogP contribution in [-0.2, 0) is 9.53 Å². The Labute approximate surface area is 248 Å². The average Bonchev–Trinajstić information content (AvgIpc) is 2.96. The van der Waals surface area contributed by atoms with Crippen LogP contribution in [0.15, 0.2) is 121 Å². The van der Waals surface area contributed by atoms with Crippen LogP contribution in [0.3, 0.4) is 0 Å². The van der Waals surface area contributed by atoms with Crippen molar-refractivity contribution in [1.82, 2.24) is 0 Å². The molecule has 1 rings (SSSR count). The molecule has 0 amide bonds. The van der Waals surface area contributed by atoms with E-state index < -0.39 is 5.97 Å². The van der Waals surface area contributed by atoms with E-state index in [1.807, 2.05) is 77.1 Å². The van der Waals surface area contributed by atoms with Crippen LogP contribution in [0.2, 0.25) is 0 Å². The van der Waals surface area contributed by atoms with Gasteiger partial charge in [0.1, 0.15) is 23.9 Å². The summed E-state index contributed by atoms with van der Waals surface area (Å²) in [6.07, 6.45) is 21.5. The summed E-state index contributed by atoms with van der Waals surface area (Å²) in [4.78, 5) is 10.6. The molecule has 0 unspecified atom stereocenters. The summed E-state index contributed by atoms with van der Waals surface area (Å²) in [5, 5.41) is 9.18. The number of rotatable bonds is 15. The highest BCUT2D eigenvalue weighted by molar-refractivity contribution is 6.30. The van der Waals surface area contributed by atoms with Crippen LogP contribution in [0, 0.1) is 0 Å². The van der Waals surface area contributed by atoms with E-state index in [-0.39, 0.29) is 6.42 Å². The lowest BCUT2D eigenvalue weighted by atomic mass is 10.1. The van der Waals surface area contributed by atoms with E-state index in [0.717, 1.165) is 29.3 Å². The lowest BCUT2D eigenvalue weighted by molar-refractivity contribution is -0.136. The third kappa shape index (κ3) is 28.9. The molecule has 6 heteroatoms. The molecule has 5 nitrogen and oxygen atoms in total. The summed E-state index contributed by atoms with van der Waals surface area (Å²) in [6, 6.07) is 7.35. The van der Waals surface area contributed by atoms with Gasteiger partial charge in [0, 0.05) is 17.5 Å². The standard InChI is InChI=1S/C17H20O4.C13H17ClO.2C2H6/c1-3-6-14(10-11-17(18)19)7-5-12-21-16-9-4-8-15(13-16)20-2;1-4-5-6-10-13(3)15-11-8-7-9-12(2)14;2*1-2/h3-9,13H,1,10-12H2,2H3,(H,18,19);5-11H,2,4H2,1,3H3;2*1-2H3/b7-5-,14-6+;6-5-,9-7-,11-8+,13-10+;;. The number of hydrogen-bond donors (Lipinski definition) is 1. The van der Waals surface area contributed by atoms with Crippen LogP contribution in [0.1, 0.15) is 60.8 Å². The number of hydrogen-bond acceptors (Lipinski definition) is 4. The van der Waals surface area contributed by atoms with Crippen LogP contribution in [0.25, 0.3) is 0 Å². The third-order valence-electron chi connectivity index (χ3n) is 4.10. The SMILES string of the molecule is C=C(Cl)/C=C\C=C\O/C(C)=C/C=C\CC.C=C/C=C(\C=C/COc1cccc(OC)c1)CCC(=O)O.CC.CC. The molecule has 40 heavy (non-hydrogen) atoms. The van der Waals surface area contributed by atoms with E-state index in [2.05, 4.69) is 26.2 Å². The van der Waals surface area contributed by atoms with Crippen molar-refractivity contribution < 1.29 is 24.1 Å². The number of ether oxygens (including phenoxy) is 3. The number of methoxy groups -OCH3 is 1. The molecule has 0 atom stereocenters. The van der Waals surface area contributed by atoms with E-state index in [1.165, 1.54) is 0 Å². The molecule has 0 fully saturated rings. The minimum Gasteiger partial charge on any atom is -0.497 e. The summed E-state index contributed by atoms with van der Waals surface area (Å²) in [7, 11) is 1.60. The van der Waals surface area contributed by atoms with Crippen molar-refractivity contribution in [2.75, 3.05) is 13.7 Å². The van der Waals surface area contributed by atoms with Crippen molar-refractivity contribution in [3.05, 3.63) is 121 Å². The summed E-state index contributed by atoms with van der Waals surface area (Å²) in [5.41, 5.74) is 0.904. The van der Waals surface area contributed by atoms with E-state index in [9.17, 15) is 4.79 Å². The van der Waals surface area contributed by atoms with E-state index >= 15 is 0 Å². The topological polar surface area (TPSA) is 65.0 Å². The van der Waals surface area contributed by atoms with E-state index in [0.29, 0.717) is 18.1 Å². The lowest BCUT2D eigenvalue weighted by Gasteiger charge is -2.05. The maximum absolute atomic E-state index is 10.6. The predicted octanol–water partition coefficient (Wildman–Crippen LogP) is 10.4. The second-order valence-electron chi connectivity index (χ2n) is 7.13. The summed E-state index contributed by atoms with van der Waals surface area (Å²) in [6.45, 7) is 19.5. The van der Waals surface area contributed by atoms with Gasteiger partial charge in [0.2, 0.25) is 0 Å². The van der Waals surface area contributed by atoms with Crippen LogP contribution >= 0.6 is 11.6 Å². The molecule has 0 saturated carbocycles. The molecule has 0 aliphatic heterocycles. The highest BCUT2D eigenvalue weighted by Crippen LogP contribution is 2.18. The Balaban J connectivity index is -0.000000636. The number of benzene rings is 1. The number of carbonyl (C=O) groups is 1. The summed E-state index contributed by atoms with van der Waals surface area (Å²) >= 11 is 5.53. The molecule has 0 aliphatic rings. The fraction of sp³-hybridized carbons (Fsp3) is 0.324. The second kappa shape index (κ2) is 31.5. The van der Waals surface area contributed by atoms with E-state index in [4.69, 9.17) is 30.9 Å². The highest BCUT2D eigenvalue weighted by Gasteiger charge is 1.99. The first-order valence-electron chi connectivity index (χ1n) is 13.5. The zero-order chi connectivity index (χ0) is 31.0. The number of carboxylic acid groups (broad SMARTS) is 1. The normalized spacial score (nSPS) is 11.2. The Morgan fingerprint density at radius 3 is 2.25 bits per heavy atom. The van der Waals surface area contributed by atoms with Gasteiger partial charge in [0.25, 0.3) is 0 Å². The smallest absolute Gasteiger partial charge is 0.303 e. The molecule has 0 aromatic heterocycles. The second-order valence-corrected chi connectivity index (χ2v) is 7.61. The van der Waals surface area contributed by atoms with Crippen molar-refractivity contribution in [2.45, 2.75) is 60.8 Å². The minimum atomic E-state index is -0.814. The fourth-order valence-electron chi connectivity index (χ4n) is 2.39. The number of allylic oxidation sites excluding steroid dienone is 12. The van der Waals surface area contributed by atoms with E-state index in [1.54, 1.807) is 49.8 Å². The summed E-state index contributed by atoms with van der Waals surface area (Å²) in [5.74, 6) is 1.49. The number of halogens is 1. The Morgan fingerprint density at radius 1 is 1.00 bits per heavy atom. The first kappa shape index (κ1) is 40.8. The van der Waals surface area contributed by atoms with Gasteiger partial charge in [-0.05, 0) is 61.8 Å². The fourth-order valence-corrected chi connectivity index (χ4v) is 2.46. The molecule has 1 aromatic rings. The van der Waals surface area contributed by atoms with Crippen molar-refractivity contribution in [3.8, 4) is 11.5 Å². The highest BCUT2D eigenvalue weighted by atomic mass is 35.5. The maximum Gasteiger partial charge on any atom is 0.303 e. The molecule has 0 bridgehead atoms. The van der Waals surface area contributed by atoms with Gasteiger partial charge in [0.15, 0.2) is 0 Å². The van der Waals surface area contributed by atoms with Gasteiger partial charge in [-0.3, -0.25) is 4.79 Å². The molecule has 222 valence electrons. The van der Waals surface area contributed by atoms with Crippen molar-refractivity contribution in [2.24, 2.45) is 0 Å². The van der Waals surface area contributed by atoms with Crippen LogP contribution in [0.5, 0.6) is 11.5 Å².